The van der Waals surface area contributed by atoms with Crippen molar-refractivity contribution in [2.45, 2.75) is 6.42 Å². The number of rotatable bonds is 2. The molecule has 1 saturated heterocycles. The Hall–Kier alpha value is -2.80. The number of anilines is 1. The maximum absolute atomic E-state index is 5.48. The lowest BCUT2D eigenvalue weighted by molar-refractivity contribution is 0.174. The Morgan fingerprint density at radius 2 is 2.00 bits per heavy atom. The van der Waals surface area contributed by atoms with Crippen LogP contribution >= 0.6 is 0 Å². The molecule has 3 aromatic rings. The average molecular weight is 337 g/mol. The van der Waals surface area contributed by atoms with Crippen molar-refractivity contribution in [3.05, 3.63) is 36.7 Å². The van der Waals surface area contributed by atoms with Gasteiger partial charge in [0, 0.05) is 37.6 Å². The summed E-state index contributed by atoms with van der Waals surface area (Å²) in [5, 5.41) is 8.16. The molecule has 0 bridgehead atoms. The summed E-state index contributed by atoms with van der Waals surface area (Å²) in [6.07, 6.45) is 4.83. The van der Waals surface area contributed by atoms with Crippen LogP contribution in [0.1, 0.15) is 6.42 Å². The van der Waals surface area contributed by atoms with Crippen LogP contribution in [0.3, 0.4) is 0 Å². The first kappa shape index (κ1) is 14.5. The summed E-state index contributed by atoms with van der Waals surface area (Å²) in [6.45, 7) is 4.27. The minimum atomic E-state index is 0.279. The number of hydrogen-bond acceptors (Lipinski definition) is 6. The van der Waals surface area contributed by atoms with Crippen molar-refractivity contribution in [2.24, 2.45) is 0 Å². The van der Waals surface area contributed by atoms with Gasteiger partial charge in [0.1, 0.15) is 5.52 Å². The second kappa shape index (κ2) is 5.93. The summed E-state index contributed by atoms with van der Waals surface area (Å²) in [5.74, 6) is 2.55. The minimum Gasteiger partial charge on any atom is -0.454 e. The van der Waals surface area contributed by atoms with Crippen molar-refractivity contribution in [2.75, 3.05) is 37.9 Å². The molecule has 4 heterocycles. The van der Waals surface area contributed by atoms with E-state index in [2.05, 4.69) is 21.3 Å². The molecule has 5 rings (SSSR count). The van der Waals surface area contributed by atoms with E-state index < -0.39 is 0 Å². The molecule has 1 fully saturated rings. The van der Waals surface area contributed by atoms with Crippen molar-refractivity contribution < 1.29 is 9.47 Å². The Morgan fingerprint density at radius 3 is 3.00 bits per heavy atom. The summed E-state index contributed by atoms with van der Waals surface area (Å²) in [6, 6.07) is 8.02. The predicted molar refractivity (Wildman–Crippen MR) is 94.2 cm³/mol. The van der Waals surface area contributed by atoms with Crippen molar-refractivity contribution in [1.29, 1.82) is 0 Å². The second-order valence-electron chi connectivity index (χ2n) is 6.27. The fourth-order valence-electron chi connectivity index (χ4n) is 3.41. The Balaban J connectivity index is 1.56. The number of nitrogens with one attached hydrogen (secondary N) is 1. The standard InChI is InChI=1S/C18H19N5O2/c1-4-19-5-8-22(7-1)18-15-11-14(21-23(15)9-6-20-18)13-2-3-16-17(10-13)25-12-24-16/h2-3,6,9-11,19H,1,4-5,7-8,12H2. The molecule has 128 valence electrons. The molecule has 0 aliphatic carbocycles. The van der Waals surface area contributed by atoms with E-state index in [0.29, 0.717) is 0 Å². The van der Waals surface area contributed by atoms with Crippen LogP contribution in [-0.2, 0) is 0 Å². The van der Waals surface area contributed by atoms with Crippen LogP contribution in [0.5, 0.6) is 11.5 Å². The molecule has 0 atom stereocenters. The zero-order valence-electron chi connectivity index (χ0n) is 13.8. The van der Waals surface area contributed by atoms with Gasteiger partial charge in [-0.2, -0.15) is 5.10 Å². The van der Waals surface area contributed by atoms with Crippen LogP contribution in [0, 0.1) is 0 Å². The monoisotopic (exact) mass is 337 g/mol. The summed E-state index contributed by atoms with van der Waals surface area (Å²) in [4.78, 5) is 6.96. The first-order valence-corrected chi connectivity index (χ1v) is 8.58. The van der Waals surface area contributed by atoms with E-state index in [1.165, 1.54) is 0 Å². The Bertz CT molecular complexity index is 915. The third-order valence-electron chi connectivity index (χ3n) is 4.68. The smallest absolute Gasteiger partial charge is 0.231 e. The van der Waals surface area contributed by atoms with Gasteiger partial charge in [0.05, 0.1) is 5.69 Å². The van der Waals surface area contributed by atoms with Crippen LogP contribution in [-0.4, -0.2) is 47.6 Å². The zero-order chi connectivity index (χ0) is 16.6. The van der Waals surface area contributed by atoms with Crippen molar-refractivity contribution in [1.82, 2.24) is 19.9 Å². The highest BCUT2D eigenvalue weighted by molar-refractivity contribution is 5.76. The van der Waals surface area contributed by atoms with E-state index in [-0.39, 0.29) is 6.79 Å². The maximum atomic E-state index is 5.48. The Kier molecular flexibility index (Phi) is 3.45. The van der Waals surface area contributed by atoms with E-state index >= 15 is 0 Å². The van der Waals surface area contributed by atoms with Gasteiger partial charge in [-0.1, -0.05) is 0 Å². The van der Waals surface area contributed by atoms with Gasteiger partial charge in [-0.15, -0.1) is 0 Å². The molecule has 7 heteroatoms. The van der Waals surface area contributed by atoms with E-state index in [1.54, 1.807) is 0 Å². The van der Waals surface area contributed by atoms with E-state index in [9.17, 15) is 0 Å². The zero-order valence-corrected chi connectivity index (χ0v) is 13.8. The highest BCUT2D eigenvalue weighted by Gasteiger charge is 2.18. The predicted octanol–water partition coefficient (Wildman–Crippen LogP) is 1.92. The first-order valence-electron chi connectivity index (χ1n) is 8.58. The normalized spacial score (nSPS) is 17.0. The van der Waals surface area contributed by atoms with Gasteiger partial charge in [0.15, 0.2) is 17.3 Å². The molecule has 1 N–H and O–H groups in total. The molecule has 2 aliphatic heterocycles. The molecular weight excluding hydrogens is 318 g/mol. The van der Waals surface area contributed by atoms with Gasteiger partial charge in [-0.25, -0.2) is 9.50 Å². The largest absolute Gasteiger partial charge is 0.454 e. The van der Waals surface area contributed by atoms with E-state index in [4.69, 9.17) is 14.6 Å². The molecule has 7 nitrogen and oxygen atoms in total. The Morgan fingerprint density at radius 1 is 1.04 bits per heavy atom. The third kappa shape index (κ3) is 2.56. The van der Waals surface area contributed by atoms with Crippen LogP contribution in [0.4, 0.5) is 5.82 Å². The average Bonchev–Trinajstić information content (AvgIpc) is 3.20. The topological polar surface area (TPSA) is 63.9 Å². The lowest BCUT2D eigenvalue weighted by Crippen LogP contribution is -2.29. The van der Waals surface area contributed by atoms with Crippen LogP contribution < -0.4 is 19.7 Å². The fraction of sp³-hybridized carbons (Fsp3) is 0.333. The quantitative estimate of drug-likeness (QED) is 0.771. The Labute approximate surface area is 145 Å². The van der Waals surface area contributed by atoms with Crippen LogP contribution in [0.25, 0.3) is 16.8 Å². The SMILES string of the molecule is c1cn2nc(-c3ccc4c(c3)OCO4)cc2c(N2CCCNCC2)n1. The number of benzene rings is 1. The van der Waals surface area contributed by atoms with Gasteiger partial charge in [0.25, 0.3) is 0 Å². The first-order chi connectivity index (χ1) is 12.4. The molecular formula is C18H19N5O2. The second-order valence-corrected chi connectivity index (χ2v) is 6.27. The molecule has 0 saturated carbocycles. The molecule has 2 aliphatic rings. The van der Waals surface area contributed by atoms with Gasteiger partial charge in [0.2, 0.25) is 6.79 Å². The summed E-state index contributed by atoms with van der Waals surface area (Å²) < 4.78 is 12.8. The molecule has 0 radical (unpaired) electrons. The summed E-state index contributed by atoms with van der Waals surface area (Å²) in [7, 11) is 0. The van der Waals surface area contributed by atoms with Gasteiger partial charge < -0.3 is 19.7 Å². The fourth-order valence-corrected chi connectivity index (χ4v) is 3.41. The molecule has 2 aromatic heterocycles. The van der Waals surface area contributed by atoms with Crippen molar-refractivity contribution in [3.63, 3.8) is 0 Å². The molecule has 1 aromatic carbocycles. The molecule has 25 heavy (non-hydrogen) atoms. The summed E-state index contributed by atoms with van der Waals surface area (Å²) in [5.41, 5.74) is 2.94. The van der Waals surface area contributed by atoms with Gasteiger partial charge in [-0.05, 0) is 37.2 Å². The molecule has 0 spiro atoms. The molecule has 0 unspecified atom stereocenters. The maximum Gasteiger partial charge on any atom is 0.231 e. The number of fused-ring (bicyclic) bond motifs is 2. The number of aromatic nitrogens is 3. The lowest BCUT2D eigenvalue weighted by Gasteiger charge is -2.21. The summed E-state index contributed by atoms with van der Waals surface area (Å²) >= 11 is 0. The minimum absolute atomic E-state index is 0.279. The number of ether oxygens (including phenoxy) is 2. The molecule has 0 amide bonds. The van der Waals surface area contributed by atoms with Crippen LogP contribution in [0.2, 0.25) is 0 Å². The van der Waals surface area contributed by atoms with Gasteiger partial charge in [-0.3, -0.25) is 0 Å². The lowest BCUT2D eigenvalue weighted by atomic mass is 10.1. The number of hydrogen-bond donors (Lipinski definition) is 1. The van der Waals surface area contributed by atoms with E-state index in [0.717, 1.165) is 66.7 Å². The van der Waals surface area contributed by atoms with Crippen LogP contribution in [0.15, 0.2) is 36.7 Å². The third-order valence-corrected chi connectivity index (χ3v) is 4.68. The van der Waals surface area contributed by atoms with Crippen molar-refractivity contribution in [3.8, 4) is 22.8 Å². The van der Waals surface area contributed by atoms with Crippen molar-refractivity contribution >= 4 is 11.3 Å². The highest BCUT2D eigenvalue weighted by atomic mass is 16.7. The highest BCUT2D eigenvalue weighted by Crippen LogP contribution is 2.36. The number of nitrogens with zero attached hydrogens (tertiary/aromatic N) is 4. The van der Waals surface area contributed by atoms with Gasteiger partial charge >= 0.3 is 0 Å². The van der Waals surface area contributed by atoms with E-state index in [1.807, 2.05) is 35.1 Å².